The summed E-state index contributed by atoms with van der Waals surface area (Å²) in [5, 5.41) is 0. The summed E-state index contributed by atoms with van der Waals surface area (Å²) < 4.78 is 5.21. The Morgan fingerprint density at radius 3 is 2.92 bits per heavy atom. The number of hydrogen-bond acceptors (Lipinski definition) is 2. The molecule has 0 saturated carbocycles. The molecule has 1 aliphatic rings. The summed E-state index contributed by atoms with van der Waals surface area (Å²) in [6, 6.07) is 0. The highest BCUT2D eigenvalue weighted by molar-refractivity contribution is 5.76. The lowest BCUT2D eigenvalue weighted by atomic mass is 10.0. The molecule has 12 heavy (non-hydrogen) atoms. The van der Waals surface area contributed by atoms with Gasteiger partial charge in [-0.25, -0.2) is 0 Å². The van der Waals surface area contributed by atoms with Crippen molar-refractivity contribution in [3.8, 4) is 0 Å². The van der Waals surface area contributed by atoms with Gasteiger partial charge < -0.3 is 9.64 Å². The number of carbonyl (C=O) groups is 1. The highest BCUT2D eigenvalue weighted by atomic mass is 16.5. The highest BCUT2D eigenvalue weighted by Crippen LogP contribution is 2.11. The van der Waals surface area contributed by atoms with E-state index in [0.29, 0.717) is 19.6 Å². The lowest BCUT2D eigenvalue weighted by Crippen LogP contribution is -2.26. The van der Waals surface area contributed by atoms with E-state index in [1.165, 1.54) is 0 Å². The zero-order chi connectivity index (χ0) is 8.97. The predicted octanol–water partition coefficient (Wildman–Crippen LogP) is 0.667. The summed E-state index contributed by atoms with van der Waals surface area (Å²) in [6.07, 6.45) is 4.59. The average Bonchev–Trinajstić information content (AvgIpc) is 2.06. The van der Waals surface area contributed by atoms with Gasteiger partial charge in [0.1, 0.15) is 0 Å². The molecular weight excluding hydrogens is 154 g/mol. The third kappa shape index (κ3) is 2.66. The minimum atomic E-state index is 0.162. The summed E-state index contributed by atoms with van der Waals surface area (Å²) in [5.74, 6) is 0.434. The van der Waals surface area contributed by atoms with Crippen LogP contribution >= 0.6 is 0 Å². The molecule has 0 spiro atoms. The number of nitrogens with zero attached hydrogens (tertiary/aromatic N) is 1. The Morgan fingerprint density at radius 2 is 2.42 bits per heavy atom. The van der Waals surface area contributed by atoms with E-state index >= 15 is 0 Å². The molecule has 0 aromatic heterocycles. The van der Waals surface area contributed by atoms with Gasteiger partial charge in [-0.3, -0.25) is 4.79 Å². The third-order valence-corrected chi connectivity index (χ3v) is 1.89. The molecule has 3 nitrogen and oxygen atoms in total. The first-order valence-electron chi connectivity index (χ1n) is 4.14. The SMILES string of the molecule is CN(C)C(=O)CC1C=CCOC1. The van der Waals surface area contributed by atoms with Gasteiger partial charge in [0, 0.05) is 26.4 Å². The molecular formula is C9H15NO2. The van der Waals surface area contributed by atoms with Crippen LogP contribution in [0.1, 0.15) is 6.42 Å². The van der Waals surface area contributed by atoms with E-state index in [-0.39, 0.29) is 11.8 Å². The second-order valence-corrected chi connectivity index (χ2v) is 3.22. The van der Waals surface area contributed by atoms with E-state index in [4.69, 9.17) is 4.74 Å². The molecule has 1 rings (SSSR count). The maximum Gasteiger partial charge on any atom is 0.222 e. The van der Waals surface area contributed by atoms with Gasteiger partial charge in [-0.15, -0.1) is 0 Å². The van der Waals surface area contributed by atoms with Crippen LogP contribution in [0.2, 0.25) is 0 Å². The van der Waals surface area contributed by atoms with Crippen LogP contribution in [-0.4, -0.2) is 38.1 Å². The highest BCUT2D eigenvalue weighted by Gasteiger charge is 2.14. The molecule has 68 valence electrons. The second-order valence-electron chi connectivity index (χ2n) is 3.22. The van der Waals surface area contributed by atoms with E-state index in [1.807, 2.05) is 6.08 Å². The van der Waals surface area contributed by atoms with Gasteiger partial charge in [-0.2, -0.15) is 0 Å². The lowest BCUT2D eigenvalue weighted by molar-refractivity contribution is -0.129. The van der Waals surface area contributed by atoms with Crippen LogP contribution in [0.25, 0.3) is 0 Å². The van der Waals surface area contributed by atoms with Crippen molar-refractivity contribution < 1.29 is 9.53 Å². The van der Waals surface area contributed by atoms with E-state index < -0.39 is 0 Å². The molecule has 0 aliphatic carbocycles. The molecule has 0 aromatic carbocycles. The summed E-state index contributed by atoms with van der Waals surface area (Å²) in [7, 11) is 3.55. The molecule has 1 unspecified atom stereocenters. The topological polar surface area (TPSA) is 29.5 Å². The molecule has 0 bridgehead atoms. The smallest absolute Gasteiger partial charge is 0.222 e. The zero-order valence-electron chi connectivity index (χ0n) is 7.62. The van der Waals surface area contributed by atoms with E-state index in [9.17, 15) is 4.79 Å². The molecule has 0 fully saturated rings. The predicted molar refractivity (Wildman–Crippen MR) is 46.8 cm³/mol. The largest absolute Gasteiger partial charge is 0.377 e. The maximum absolute atomic E-state index is 11.2. The standard InChI is InChI=1S/C9H15NO2/c1-10(2)9(11)6-8-4-3-5-12-7-8/h3-4,8H,5-7H2,1-2H3. The molecule has 1 aliphatic heterocycles. The van der Waals surface area contributed by atoms with E-state index in [1.54, 1.807) is 19.0 Å². The fourth-order valence-electron chi connectivity index (χ4n) is 1.12. The summed E-state index contributed by atoms with van der Waals surface area (Å²) in [5.41, 5.74) is 0. The fraction of sp³-hybridized carbons (Fsp3) is 0.667. The van der Waals surface area contributed by atoms with Gasteiger partial charge in [0.05, 0.1) is 13.2 Å². The third-order valence-electron chi connectivity index (χ3n) is 1.89. The molecule has 0 radical (unpaired) electrons. The van der Waals surface area contributed by atoms with Crippen molar-refractivity contribution in [2.45, 2.75) is 6.42 Å². The normalized spacial score (nSPS) is 22.3. The quantitative estimate of drug-likeness (QED) is 0.568. The van der Waals surface area contributed by atoms with Crippen molar-refractivity contribution in [2.24, 2.45) is 5.92 Å². The van der Waals surface area contributed by atoms with Gasteiger partial charge in [0.15, 0.2) is 0 Å². The van der Waals surface area contributed by atoms with Crippen LogP contribution in [-0.2, 0) is 9.53 Å². The Kier molecular flexibility index (Phi) is 3.29. The maximum atomic E-state index is 11.2. The van der Waals surface area contributed by atoms with Crippen LogP contribution in [0.4, 0.5) is 0 Å². The first-order chi connectivity index (χ1) is 5.70. The first-order valence-corrected chi connectivity index (χ1v) is 4.14. The van der Waals surface area contributed by atoms with Crippen LogP contribution in [0.15, 0.2) is 12.2 Å². The van der Waals surface area contributed by atoms with Crippen molar-refractivity contribution in [2.75, 3.05) is 27.3 Å². The number of hydrogen-bond donors (Lipinski definition) is 0. The Bertz CT molecular complexity index is 187. The van der Waals surface area contributed by atoms with Crippen molar-refractivity contribution in [1.82, 2.24) is 4.90 Å². The first kappa shape index (κ1) is 9.26. The van der Waals surface area contributed by atoms with Gasteiger partial charge in [-0.05, 0) is 0 Å². The van der Waals surface area contributed by atoms with Gasteiger partial charge in [-0.1, -0.05) is 12.2 Å². The number of amides is 1. The van der Waals surface area contributed by atoms with Crippen LogP contribution in [0.5, 0.6) is 0 Å². The molecule has 1 heterocycles. The van der Waals surface area contributed by atoms with E-state index in [0.717, 1.165) is 0 Å². The summed E-state index contributed by atoms with van der Waals surface area (Å²) in [4.78, 5) is 12.9. The number of ether oxygens (including phenoxy) is 1. The van der Waals surface area contributed by atoms with Crippen LogP contribution < -0.4 is 0 Å². The molecule has 0 N–H and O–H groups in total. The summed E-state index contributed by atoms with van der Waals surface area (Å²) >= 11 is 0. The fourth-order valence-corrected chi connectivity index (χ4v) is 1.12. The van der Waals surface area contributed by atoms with Crippen molar-refractivity contribution in [1.29, 1.82) is 0 Å². The monoisotopic (exact) mass is 169 g/mol. The minimum Gasteiger partial charge on any atom is -0.377 e. The van der Waals surface area contributed by atoms with Crippen LogP contribution in [0, 0.1) is 5.92 Å². The average molecular weight is 169 g/mol. The number of carbonyl (C=O) groups excluding carboxylic acids is 1. The molecule has 3 heteroatoms. The van der Waals surface area contributed by atoms with Gasteiger partial charge in [0.2, 0.25) is 5.91 Å². The van der Waals surface area contributed by atoms with Gasteiger partial charge in [0.25, 0.3) is 0 Å². The Labute approximate surface area is 73.0 Å². The van der Waals surface area contributed by atoms with Crippen molar-refractivity contribution >= 4 is 5.91 Å². The van der Waals surface area contributed by atoms with Crippen molar-refractivity contribution in [3.05, 3.63) is 12.2 Å². The molecule has 1 amide bonds. The Morgan fingerprint density at radius 1 is 1.67 bits per heavy atom. The Balaban J connectivity index is 2.35. The minimum absolute atomic E-state index is 0.162. The molecule has 0 saturated heterocycles. The number of rotatable bonds is 2. The summed E-state index contributed by atoms with van der Waals surface area (Å²) in [6.45, 7) is 1.36. The molecule has 1 atom stereocenters. The van der Waals surface area contributed by atoms with Crippen molar-refractivity contribution in [3.63, 3.8) is 0 Å². The van der Waals surface area contributed by atoms with E-state index in [2.05, 4.69) is 6.08 Å². The molecule has 0 aromatic rings. The lowest BCUT2D eigenvalue weighted by Gasteiger charge is -2.18. The zero-order valence-corrected chi connectivity index (χ0v) is 7.62. The van der Waals surface area contributed by atoms with Gasteiger partial charge >= 0.3 is 0 Å². The Hall–Kier alpha value is -0.830. The van der Waals surface area contributed by atoms with Crippen LogP contribution in [0.3, 0.4) is 0 Å². The second kappa shape index (κ2) is 4.26.